The third-order valence-corrected chi connectivity index (χ3v) is 6.56. The van der Waals surface area contributed by atoms with Gasteiger partial charge < -0.3 is 10.2 Å². The fourth-order valence-corrected chi connectivity index (χ4v) is 4.76. The number of halogens is 1. The second-order valence-corrected chi connectivity index (χ2v) is 8.74. The first-order valence-corrected chi connectivity index (χ1v) is 10.8. The smallest absolute Gasteiger partial charge is 0.227 e. The van der Waals surface area contributed by atoms with E-state index in [1.165, 1.54) is 38.5 Å². The van der Waals surface area contributed by atoms with Crippen molar-refractivity contribution in [1.29, 1.82) is 0 Å². The van der Waals surface area contributed by atoms with Crippen LogP contribution in [0, 0.1) is 17.8 Å². The lowest BCUT2D eigenvalue weighted by Gasteiger charge is -2.33. The summed E-state index contributed by atoms with van der Waals surface area (Å²) in [5, 5.41) is 3.83. The van der Waals surface area contributed by atoms with Gasteiger partial charge in [0.1, 0.15) is 0 Å². The Balaban J connectivity index is 1.55. The molecular formula is C22H33ClN2O. The Bertz CT molecular complexity index is 602. The third kappa shape index (κ3) is 4.94. The Morgan fingerprint density at radius 2 is 1.85 bits per heavy atom. The summed E-state index contributed by atoms with van der Waals surface area (Å²) < 4.78 is 0. The zero-order chi connectivity index (χ0) is 18.5. The maximum Gasteiger partial charge on any atom is 0.227 e. The Labute approximate surface area is 163 Å². The van der Waals surface area contributed by atoms with E-state index >= 15 is 0 Å². The number of carbonyl (C=O) groups is 1. The highest BCUT2D eigenvalue weighted by atomic mass is 35.5. The summed E-state index contributed by atoms with van der Waals surface area (Å²) in [5.74, 6) is 1.95. The molecule has 0 aromatic heterocycles. The predicted octanol–water partition coefficient (Wildman–Crippen LogP) is 6.12. The topological polar surface area (TPSA) is 32.3 Å². The van der Waals surface area contributed by atoms with Gasteiger partial charge in [-0.2, -0.15) is 0 Å². The highest BCUT2D eigenvalue weighted by Gasteiger charge is 2.26. The van der Waals surface area contributed by atoms with Gasteiger partial charge in [-0.25, -0.2) is 0 Å². The maximum absolute atomic E-state index is 12.6. The number of carbonyl (C=O) groups excluding carboxylic acids is 1. The molecule has 2 fully saturated rings. The summed E-state index contributed by atoms with van der Waals surface area (Å²) in [6.07, 6.45) is 9.43. The molecule has 1 aromatic rings. The molecule has 0 unspecified atom stereocenters. The van der Waals surface area contributed by atoms with Gasteiger partial charge in [-0.05, 0) is 68.6 Å². The molecule has 144 valence electrons. The Kier molecular flexibility index (Phi) is 6.86. The fourth-order valence-electron chi connectivity index (χ4n) is 4.46. The van der Waals surface area contributed by atoms with Crippen LogP contribution in [0.25, 0.3) is 0 Å². The maximum atomic E-state index is 12.6. The molecule has 3 nitrogen and oxygen atoms in total. The van der Waals surface area contributed by atoms with Crippen molar-refractivity contribution in [3.63, 3.8) is 0 Å². The molecule has 1 amide bonds. The van der Waals surface area contributed by atoms with E-state index in [0.717, 1.165) is 54.2 Å². The minimum absolute atomic E-state index is 0.158. The molecule has 0 atom stereocenters. The lowest BCUT2D eigenvalue weighted by molar-refractivity contribution is -0.121. The number of benzene rings is 1. The normalized spacial score (nSPS) is 24.5. The van der Waals surface area contributed by atoms with E-state index in [1.54, 1.807) is 0 Å². The highest BCUT2D eigenvalue weighted by Crippen LogP contribution is 2.34. The molecule has 1 aliphatic heterocycles. The van der Waals surface area contributed by atoms with Gasteiger partial charge in [-0.1, -0.05) is 38.3 Å². The molecule has 1 aliphatic carbocycles. The van der Waals surface area contributed by atoms with Gasteiger partial charge in [-0.15, -0.1) is 0 Å². The average Bonchev–Trinajstić information content (AvgIpc) is 2.64. The molecular weight excluding hydrogens is 344 g/mol. The monoisotopic (exact) mass is 376 g/mol. The van der Waals surface area contributed by atoms with Crippen LogP contribution in [0.4, 0.5) is 11.4 Å². The number of hydrogen-bond acceptors (Lipinski definition) is 2. The van der Waals surface area contributed by atoms with Gasteiger partial charge in [-0.3, -0.25) is 4.79 Å². The molecule has 1 heterocycles. The van der Waals surface area contributed by atoms with Crippen molar-refractivity contribution < 1.29 is 4.79 Å². The molecule has 4 heteroatoms. The van der Waals surface area contributed by atoms with Crippen LogP contribution in [0.3, 0.4) is 0 Å². The molecule has 0 bridgehead atoms. The molecule has 0 spiro atoms. The zero-order valence-corrected chi connectivity index (χ0v) is 17.0. The van der Waals surface area contributed by atoms with Gasteiger partial charge in [0.05, 0.1) is 10.7 Å². The second-order valence-electron chi connectivity index (χ2n) is 8.33. The summed E-state index contributed by atoms with van der Waals surface area (Å²) in [4.78, 5) is 15.0. The number of amides is 1. The molecule has 1 N–H and O–H groups in total. The van der Waals surface area contributed by atoms with Crippen LogP contribution < -0.4 is 10.2 Å². The summed E-state index contributed by atoms with van der Waals surface area (Å²) in [6.45, 7) is 6.69. The number of nitrogens with one attached hydrogen (secondary N) is 1. The van der Waals surface area contributed by atoms with E-state index in [0.29, 0.717) is 0 Å². The van der Waals surface area contributed by atoms with Crippen LogP contribution in [0.5, 0.6) is 0 Å². The van der Waals surface area contributed by atoms with Gasteiger partial charge in [0.15, 0.2) is 0 Å². The summed E-state index contributed by atoms with van der Waals surface area (Å²) in [5.41, 5.74) is 1.92. The van der Waals surface area contributed by atoms with Crippen molar-refractivity contribution in [3.8, 4) is 0 Å². The molecule has 1 saturated heterocycles. The van der Waals surface area contributed by atoms with Gasteiger partial charge in [0.25, 0.3) is 0 Å². The number of anilines is 2. The number of rotatable bonds is 5. The lowest BCUT2D eigenvalue weighted by Crippen LogP contribution is -2.33. The SMILES string of the molecule is CCCC1CCC(C(=O)Nc2ccc(N3CCC(C)CC3)c(Cl)c2)CC1. The fraction of sp³-hybridized carbons (Fsp3) is 0.682. The number of nitrogens with zero attached hydrogens (tertiary/aromatic N) is 1. The van der Waals surface area contributed by atoms with Crippen LogP contribution in [0.15, 0.2) is 18.2 Å². The van der Waals surface area contributed by atoms with Gasteiger partial charge >= 0.3 is 0 Å². The second kappa shape index (κ2) is 9.12. The molecule has 1 aromatic carbocycles. The molecule has 26 heavy (non-hydrogen) atoms. The Morgan fingerprint density at radius 3 is 2.46 bits per heavy atom. The van der Waals surface area contributed by atoms with E-state index in [1.807, 2.05) is 12.1 Å². The van der Waals surface area contributed by atoms with Crippen LogP contribution in [0.2, 0.25) is 5.02 Å². The lowest BCUT2D eigenvalue weighted by atomic mass is 9.80. The molecule has 1 saturated carbocycles. The van der Waals surface area contributed by atoms with Crippen molar-refractivity contribution in [2.75, 3.05) is 23.3 Å². The largest absolute Gasteiger partial charge is 0.370 e. The van der Waals surface area contributed by atoms with Crippen molar-refractivity contribution >= 4 is 28.9 Å². The first kappa shape index (κ1) is 19.5. The van der Waals surface area contributed by atoms with Gasteiger partial charge in [0.2, 0.25) is 5.91 Å². The molecule has 3 rings (SSSR count). The van der Waals surface area contributed by atoms with E-state index in [4.69, 9.17) is 11.6 Å². The van der Waals surface area contributed by atoms with Crippen LogP contribution in [0.1, 0.15) is 65.2 Å². The van der Waals surface area contributed by atoms with Crippen LogP contribution in [-0.2, 0) is 4.79 Å². The van der Waals surface area contributed by atoms with Crippen molar-refractivity contribution in [2.45, 2.75) is 65.2 Å². The minimum Gasteiger partial charge on any atom is -0.370 e. The van der Waals surface area contributed by atoms with E-state index < -0.39 is 0 Å². The number of hydrogen-bond donors (Lipinski definition) is 1. The Hall–Kier alpha value is -1.22. The van der Waals surface area contributed by atoms with E-state index in [9.17, 15) is 4.79 Å². The van der Waals surface area contributed by atoms with Gasteiger partial charge in [0, 0.05) is 24.7 Å². The van der Waals surface area contributed by atoms with Crippen molar-refractivity contribution in [2.24, 2.45) is 17.8 Å². The van der Waals surface area contributed by atoms with Crippen LogP contribution >= 0.6 is 11.6 Å². The summed E-state index contributed by atoms with van der Waals surface area (Å²) in [6, 6.07) is 5.97. The van der Waals surface area contributed by atoms with Crippen LogP contribution in [-0.4, -0.2) is 19.0 Å². The number of piperidine rings is 1. The molecule has 0 radical (unpaired) electrons. The van der Waals surface area contributed by atoms with Crippen molar-refractivity contribution in [3.05, 3.63) is 23.2 Å². The minimum atomic E-state index is 0.158. The predicted molar refractivity (Wildman–Crippen MR) is 111 cm³/mol. The first-order chi connectivity index (χ1) is 12.6. The molecule has 2 aliphatic rings. The third-order valence-electron chi connectivity index (χ3n) is 6.25. The standard InChI is InChI=1S/C22H33ClN2O/c1-3-4-17-5-7-18(8-6-17)22(26)24-19-9-10-21(20(23)15-19)25-13-11-16(2)12-14-25/h9-10,15-18H,3-8,11-14H2,1-2H3,(H,24,26). The summed E-state index contributed by atoms with van der Waals surface area (Å²) >= 11 is 6.53. The highest BCUT2D eigenvalue weighted by molar-refractivity contribution is 6.33. The summed E-state index contributed by atoms with van der Waals surface area (Å²) in [7, 11) is 0. The van der Waals surface area contributed by atoms with E-state index in [2.05, 4.69) is 30.1 Å². The van der Waals surface area contributed by atoms with Crippen molar-refractivity contribution in [1.82, 2.24) is 0 Å². The zero-order valence-electron chi connectivity index (χ0n) is 16.3. The Morgan fingerprint density at radius 1 is 1.15 bits per heavy atom. The average molecular weight is 377 g/mol. The first-order valence-electron chi connectivity index (χ1n) is 10.4. The van der Waals surface area contributed by atoms with E-state index in [-0.39, 0.29) is 11.8 Å². The quantitative estimate of drug-likeness (QED) is 0.671.